The summed E-state index contributed by atoms with van der Waals surface area (Å²) in [6.45, 7) is 4.39. The zero-order valence-electron chi connectivity index (χ0n) is 8.58. The highest BCUT2D eigenvalue weighted by molar-refractivity contribution is 5.81. The van der Waals surface area contributed by atoms with Crippen LogP contribution in [0.4, 0.5) is 0 Å². The molecule has 1 rings (SSSR count). The lowest BCUT2D eigenvalue weighted by molar-refractivity contribution is -0.123. The van der Waals surface area contributed by atoms with Crippen molar-refractivity contribution in [2.24, 2.45) is 11.7 Å². The van der Waals surface area contributed by atoms with E-state index in [0.29, 0.717) is 6.54 Å². The van der Waals surface area contributed by atoms with E-state index in [2.05, 4.69) is 10.3 Å². The van der Waals surface area contributed by atoms with Crippen LogP contribution in [0, 0.1) is 5.92 Å². The number of nitrogens with two attached hydrogens (primary N) is 1. The highest BCUT2D eigenvalue weighted by atomic mass is 16.2. The number of rotatable bonds is 4. The summed E-state index contributed by atoms with van der Waals surface area (Å²) in [4.78, 5) is 14.4. The molecular formula is C10H17N3O. The quantitative estimate of drug-likeness (QED) is 0.659. The van der Waals surface area contributed by atoms with Crippen LogP contribution in [0.25, 0.3) is 0 Å². The molecule has 0 aromatic carbocycles. The second-order valence-corrected chi connectivity index (χ2v) is 3.71. The van der Waals surface area contributed by atoms with Crippen molar-refractivity contribution in [1.82, 2.24) is 10.3 Å². The minimum atomic E-state index is -0.422. The number of hydrogen-bond acceptors (Lipinski definition) is 2. The summed E-state index contributed by atoms with van der Waals surface area (Å²) in [5.74, 6) is 0.0717. The molecule has 0 aliphatic rings. The maximum atomic E-state index is 11.4. The lowest BCUT2D eigenvalue weighted by atomic mass is 10.1. The van der Waals surface area contributed by atoms with Crippen LogP contribution in [0.2, 0.25) is 0 Å². The van der Waals surface area contributed by atoms with Gasteiger partial charge >= 0.3 is 0 Å². The maximum Gasteiger partial charge on any atom is 0.237 e. The normalized spacial score (nSPS) is 12.9. The van der Waals surface area contributed by atoms with Gasteiger partial charge in [-0.1, -0.05) is 13.8 Å². The van der Waals surface area contributed by atoms with Gasteiger partial charge in [0.1, 0.15) is 0 Å². The Balaban J connectivity index is 2.35. The minimum absolute atomic E-state index is 0.0961. The number of carbonyl (C=O) groups is 1. The highest BCUT2D eigenvalue weighted by Gasteiger charge is 2.16. The molecule has 0 radical (unpaired) electrons. The first kappa shape index (κ1) is 10.8. The van der Waals surface area contributed by atoms with Gasteiger partial charge in [0, 0.05) is 18.9 Å². The molecule has 1 amide bonds. The molecule has 0 unspecified atom stereocenters. The molecule has 4 nitrogen and oxygen atoms in total. The summed E-state index contributed by atoms with van der Waals surface area (Å²) >= 11 is 0. The number of H-pyrrole nitrogens is 1. The molecule has 0 saturated heterocycles. The van der Waals surface area contributed by atoms with Crippen molar-refractivity contribution < 1.29 is 4.79 Å². The van der Waals surface area contributed by atoms with E-state index in [9.17, 15) is 4.79 Å². The van der Waals surface area contributed by atoms with Gasteiger partial charge in [0.2, 0.25) is 5.91 Å². The van der Waals surface area contributed by atoms with Crippen molar-refractivity contribution >= 4 is 5.91 Å². The number of aromatic amines is 1. The SMILES string of the molecule is CC(C)[C@@H](N)C(=O)NCc1cc[nH]c1. The lowest BCUT2D eigenvalue weighted by Gasteiger charge is -2.14. The topological polar surface area (TPSA) is 70.9 Å². The van der Waals surface area contributed by atoms with Crippen LogP contribution >= 0.6 is 0 Å². The van der Waals surface area contributed by atoms with Crippen molar-refractivity contribution in [1.29, 1.82) is 0 Å². The molecule has 1 aromatic rings. The summed E-state index contributed by atoms with van der Waals surface area (Å²) < 4.78 is 0. The third kappa shape index (κ3) is 2.88. The molecule has 0 aliphatic carbocycles. The molecule has 1 aromatic heterocycles. The van der Waals surface area contributed by atoms with Crippen LogP contribution in [-0.4, -0.2) is 16.9 Å². The Morgan fingerprint density at radius 2 is 2.36 bits per heavy atom. The third-order valence-electron chi connectivity index (χ3n) is 2.15. The summed E-state index contributed by atoms with van der Waals surface area (Å²) in [5.41, 5.74) is 6.73. The molecule has 0 saturated carbocycles. The lowest BCUT2D eigenvalue weighted by Crippen LogP contribution is -2.43. The molecule has 1 heterocycles. The molecule has 14 heavy (non-hydrogen) atoms. The largest absolute Gasteiger partial charge is 0.367 e. The van der Waals surface area contributed by atoms with E-state index in [-0.39, 0.29) is 11.8 Å². The zero-order chi connectivity index (χ0) is 10.6. The number of amides is 1. The second-order valence-electron chi connectivity index (χ2n) is 3.71. The first-order valence-electron chi connectivity index (χ1n) is 4.76. The fourth-order valence-corrected chi connectivity index (χ4v) is 1.08. The summed E-state index contributed by atoms with van der Waals surface area (Å²) in [6.07, 6.45) is 3.67. The number of aromatic nitrogens is 1. The van der Waals surface area contributed by atoms with Gasteiger partial charge in [-0.2, -0.15) is 0 Å². The van der Waals surface area contributed by atoms with Crippen LogP contribution in [-0.2, 0) is 11.3 Å². The van der Waals surface area contributed by atoms with Crippen molar-refractivity contribution in [3.63, 3.8) is 0 Å². The average molecular weight is 195 g/mol. The zero-order valence-corrected chi connectivity index (χ0v) is 8.58. The van der Waals surface area contributed by atoms with Gasteiger partial charge in [-0.15, -0.1) is 0 Å². The van der Waals surface area contributed by atoms with Gasteiger partial charge in [0.15, 0.2) is 0 Å². The van der Waals surface area contributed by atoms with E-state index in [1.54, 1.807) is 0 Å². The molecule has 4 heteroatoms. The van der Waals surface area contributed by atoms with Gasteiger partial charge in [0.05, 0.1) is 6.04 Å². The summed E-state index contributed by atoms with van der Waals surface area (Å²) in [5, 5.41) is 2.78. The van der Waals surface area contributed by atoms with E-state index >= 15 is 0 Å². The highest BCUT2D eigenvalue weighted by Crippen LogP contribution is 1.99. The molecule has 0 bridgehead atoms. The molecule has 0 spiro atoms. The fourth-order valence-electron chi connectivity index (χ4n) is 1.08. The number of nitrogens with one attached hydrogen (secondary N) is 2. The Morgan fingerprint density at radius 3 is 2.86 bits per heavy atom. The molecule has 0 aliphatic heterocycles. The Hall–Kier alpha value is -1.29. The Labute approximate surface area is 83.9 Å². The third-order valence-corrected chi connectivity index (χ3v) is 2.15. The Kier molecular flexibility index (Phi) is 3.71. The van der Waals surface area contributed by atoms with Crippen LogP contribution in [0.3, 0.4) is 0 Å². The van der Waals surface area contributed by atoms with Gasteiger partial charge < -0.3 is 16.0 Å². The van der Waals surface area contributed by atoms with Crippen molar-refractivity contribution in [2.75, 3.05) is 0 Å². The predicted molar refractivity (Wildman–Crippen MR) is 55.5 cm³/mol. The van der Waals surface area contributed by atoms with E-state index in [1.807, 2.05) is 32.3 Å². The fraction of sp³-hybridized carbons (Fsp3) is 0.500. The summed E-state index contributed by atoms with van der Waals surface area (Å²) in [7, 11) is 0. The van der Waals surface area contributed by atoms with Gasteiger partial charge in [0.25, 0.3) is 0 Å². The molecule has 1 atom stereocenters. The predicted octanol–water partition coefficient (Wildman–Crippen LogP) is 0.614. The van der Waals surface area contributed by atoms with Crippen LogP contribution in [0.5, 0.6) is 0 Å². The van der Waals surface area contributed by atoms with E-state index in [1.165, 1.54) is 0 Å². The molecule has 4 N–H and O–H groups in total. The standard InChI is InChI=1S/C10H17N3O/c1-7(2)9(11)10(14)13-6-8-3-4-12-5-8/h3-5,7,9,12H,6,11H2,1-2H3,(H,13,14)/t9-/m1/s1. The van der Waals surface area contributed by atoms with Crippen molar-refractivity contribution in [3.05, 3.63) is 24.0 Å². The maximum absolute atomic E-state index is 11.4. The number of carbonyl (C=O) groups excluding carboxylic acids is 1. The van der Waals surface area contributed by atoms with Crippen molar-refractivity contribution in [2.45, 2.75) is 26.4 Å². The van der Waals surface area contributed by atoms with Gasteiger partial charge in [-0.05, 0) is 17.5 Å². The van der Waals surface area contributed by atoms with E-state index < -0.39 is 6.04 Å². The van der Waals surface area contributed by atoms with Crippen LogP contribution < -0.4 is 11.1 Å². The summed E-state index contributed by atoms with van der Waals surface area (Å²) in [6, 6.07) is 1.50. The second kappa shape index (κ2) is 4.81. The first-order valence-corrected chi connectivity index (χ1v) is 4.76. The molecule has 0 fully saturated rings. The van der Waals surface area contributed by atoms with Crippen LogP contribution in [0.15, 0.2) is 18.5 Å². The van der Waals surface area contributed by atoms with Gasteiger partial charge in [-0.3, -0.25) is 4.79 Å². The number of hydrogen-bond donors (Lipinski definition) is 3. The first-order chi connectivity index (χ1) is 6.61. The van der Waals surface area contributed by atoms with Gasteiger partial charge in [-0.25, -0.2) is 0 Å². The van der Waals surface area contributed by atoms with E-state index in [4.69, 9.17) is 5.73 Å². The van der Waals surface area contributed by atoms with Crippen LogP contribution in [0.1, 0.15) is 19.4 Å². The van der Waals surface area contributed by atoms with Crippen molar-refractivity contribution in [3.8, 4) is 0 Å². The molecular weight excluding hydrogens is 178 g/mol. The Morgan fingerprint density at radius 1 is 1.64 bits per heavy atom. The minimum Gasteiger partial charge on any atom is -0.367 e. The smallest absolute Gasteiger partial charge is 0.237 e. The molecule has 78 valence electrons. The monoisotopic (exact) mass is 195 g/mol. The van der Waals surface area contributed by atoms with E-state index in [0.717, 1.165) is 5.56 Å². The average Bonchev–Trinajstić information content (AvgIpc) is 2.65. The Bertz CT molecular complexity index is 280.